The Morgan fingerprint density at radius 3 is 0.793 bits per heavy atom. The molecule has 0 bridgehead atoms. The number of esters is 3. The normalized spacial score (nSPS) is 16.4. The molecule has 14 rings (SSSR count). The Balaban J connectivity index is 0.000000155. The maximum absolute atomic E-state index is 11.9. The number of phenols is 1. The van der Waals surface area contributed by atoms with Gasteiger partial charge in [0.1, 0.15) is 84.9 Å². The lowest BCUT2D eigenvalue weighted by Crippen LogP contribution is -2.33. The second kappa shape index (κ2) is 37.9. The van der Waals surface area contributed by atoms with Gasteiger partial charge in [-0.15, -0.1) is 86.1 Å². The molecule has 7 aromatic carbocycles. The molecule has 0 fully saturated rings. The molecule has 20 nitrogen and oxygen atoms in total. The first kappa shape index (κ1) is 86.7. The molecule has 4 heterocycles. The summed E-state index contributed by atoms with van der Waals surface area (Å²) >= 11 is 5.64. The number of carbonyl (C=O) groups is 4. The molecule has 610 valence electrons. The van der Waals surface area contributed by atoms with Gasteiger partial charge in [-0.05, 0) is 192 Å². The van der Waals surface area contributed by atoms with Crippen molar-refractivity contribution in [3.05, 3.63) is 266 Å². The summed E-state index contributed by atoms with van der Waals surface area (Å²) in [5.41, 5.74) is 23.8. The van der Waals surface area contributed by atoms with E-state index in [-0.39, 0.29) is 106 Å². The molecule has 4 aromatic heterocycles. The molecule has 0 amide bonds. The Labute approximate surface area is 696 Å². The minimum atomic E-state index is -0.857. The van der Waals surface area contributed by atoms with Crippen LogP contribution in [0, 0.1) is 0 Å². The molecule has 3 aliphatic rings. The maximum atomic E-state index is 11.9. The fraction of sp³-hybridized carbons (Fsp3) is 0.413. The lowest BCUT2D eigenvalue weighted by atomic mass is 9.63. The van der Waals surface area contributed by atoms with Gasteiger partial charge in [0.15, 0.2) is 0 Å². The average Bonchev–Trinajstić information content (AvgIpc) is 1.21. The molecule has 2 N–H and O–H groups in total. The number of carboxylic acids is 1. The van der Waals surface area contributed by atoms with Crippen LogP contribution in [-0.4, -0.2) is 96.2 Å². The van der Waals surface area contributed by atoms with E-state index in [1.165, 1.54) is 150 Å². The summed E-state index contributed by atoms with van der Waals surface area (Å²) in [7, 11) is 4.16. The van der Waals surface area contributed by atoms with E-state index < -0.39 is 5.97 Å². The van der Waals surface area contributed by atoms with E-state index in [4.69, 9.17) is 28.4 Å². The molecule has 0 saturated carbocycles. The maximum Gasteiger partial charge on any atom is 0.306 e. The zero-order chi connectivity index (χ0) is 83.2. The fourth-order valence-electron chi connectivity index (χ4n) is 15.4. The van der Waals surface area contributed by atoms with Gasteiger partial charge in [0, 0.05) is 23.7 Å². The summed E-state index contributed by atoms with van der Waals surface area (Å²) in [5, 5.41) is 53.5. The third-order valence-electron chi connectivity index (χ3n) is 23.0. The number of hydrogen-bond acceptors (Lipinski definition) is 23. The van der Waals surface area contributed by atoms with Gasteiger partial charge in [0.2, 0.25) is 0 Å². The molecule has 0 unspecified atom stereocenters. The molecule has 0 spiro atoms. The number of ether oxygens (including phenoxy) is 6. The van der Waals surface area contributed by atoms with Crippen molar-refractivity contribution >= 4 is 69.2 Å². The second-order valence-corrected chi connectivity index (χ2v) is 37.3. The number of aromatic hydroxyl groups is 1. The molecule has 0 radical (unpaired) electrons. The number of carbonyl (C=O) groups excluding carboxylic acids is 3. The molecule has 4 atom stereocenters. The highest BCUT2D eigenvalue weighted by Gasteiger charge is 2.40. The number of aliphatic carboxylic acids is 1. The Kier molecular flexibility index (Phi) is 28.3. The molecular weight excluding hydrogens is 1540 g/mol. The summed E-state index contributed by atoms with van der Waals surface area (Å²) in [4.78, 5) is 46.6. The van der Waals surface area contributed by atoms with Crippen molar-refractivity contribution in [1.29, 1.82) is 0 Å². The van der Waals surface area contributed by atoms with E-state index in [0.717, 1.165) is 60.1 Å². The van der Waals surface area contributed by atoms with Crippen molar-refractivity contribution in [1.82, 2.24) is 40.8 Å². The minimum absolute atomic E-state index is 0.0172. The lowest BCUT2D eigenvalue weighted by Gasteiger charge is -2.42. The van der Waals surface area contributed by atoms with Crippen molar-refractivity contribution in [2.75, 3.05) is 21.3 Å². The Bertz CT molecular complexity index is 4870. The van der Waals surface area contributed by atoms with Gasteiger partial charge in [-0.3, -0.25) is 19.2 Å². The number of carboxylic acid groups (broad SMARTS) is 1. The number of benzene rings is 7. The molecular formula is C92H106N8O12S4. The van der Waals surface area contributed by atoms with E-state index in [9.17, 15) is 29.4 Å². The summed E-state index contributed by atoms with van der Waals surface area (Å²) in [5.74, 6) is -0.00259. The van der Waals surface area contributed by atoms with Crippen LogP contribution in [0.4, 0.5) is 0 Å². The number of aromatic nitrogens is 8. The zero-order valence-electron chi connectivity index (χ0n) is 68.9. The van der Waals surface area contributed by atoms with Crippen LogP contribution in [0.2, 0.25) is 0 Å². The van der Waals surface area contributed by atoms with E-state index in [0.29, 0.717) is 24.8 Å². The quantitative estimate of drug-likeness (QED) is 0.0398. The van der Waals surface area contributed by atoms with E-state index >= 15 is 0 Å². The fourth-order valence-corrected chi connectivity index (χ4v) is 18.1. The van der Waals surface area contributed by atoms with Crippen molar-refractivity contribution in [3.8, 4) is 23.0 Å². The summed E-state index contributed by atoms with van der Waals surface area (Å²) in [6.45, 7) is 29.6. The van der Waals surface area contributed by atoms with Crippen LogP contribution in [0.15, 0.2) is 174 Å². The topological polar surface area (TPSA) is 267 Å². The molecule has 24 heteroatoms. The third-order valence-corrected chi connectivity index (χ3v) is 26.2. The lowest BCUT2D eigenvalue weighted by molar-refractivity contribution is -0.141. The van der Waals surface area contributed by atoms with E-state index in [1.54, 1.807) is 46.3 Å². The van der Waals surface area contributed by atoms with Crippen molar-refractivity contribution in [2.24, 2.45) is 0 Å². The Morgan fingerprint density at radius 1 is 0.336 bits per heavy atom. The summed E-state index contributed by atoms with van der Waals surface area (Å²) in [6.07, 6.45) is 7.85. The smallest absolute Gasteiger partial charge is 0.306 e. The number of hydrogen-bond donors (Lipinski definition) is 2. The van der Waals surface area contributed by atoms with Gasteiger partial charge >= 0.3 is 23.9 Å². The SMILES string of the molecule is CC1(C)CCC(C)(C)c2cc(COc3ccc([C@H](CC(=O)O)c4nncs4)cc3)ccc21.COC(=O)C[C@@H](c1ccc(O)cc1)c1nncs1.COC(=O)C[C@@H](c1ccc(OCc2ccc3c(c2)C(C)(C)CCC3(C)C)cc1)c1nncs1.COC(=O)C[C@@H](c1ccc(OCc2ccc3c(c2)C(C)(C)CCC3(C)C)cc1)c1nncs1. The number of methoxy groups -OCH3 is 3. The van der Waals surface area contributed by atoms with Crippen LogP contribution in [0.3, 0.4) is 0 Å². The molecule has 11 aromatic rings. The van der Waals surface area contributed by atoms with Gasteiger partial charge in [0.05, 0.1) is 47.0 Å². The number of rotatable bonds is 25. The zero-order valence-corrected chi connectivity index (χ0v) is 72.2. The van der Waals surface area contributed by atoms with Crippen molar-refractivity contribution < 1.29 is 57.8 Å². The van der Waals surface area contributed by atoms with Crippen LogP contribution < -0.4 is 14.2 Å². The third kappa shape index (κ3) is 22.1. The predicted octanol–water partition coefficient (Wildman–Crippen LogP) is 20.3. The standard InChI is InChI=1S/2C27H32N2O3S.C26H30N2O3S.C12H12N2O3S/c2*1-26(2)12-13-27(3,4)23-14-18(6-11-22(23)26)16-32-20-9-7-19(8-10-20)21(15-24(30)31-5)25-29-28-17-33-25;1-25(2)11-12-26(3,4)22-13-17(5-10-21(22)25)15-31-19-8-6-18(7-9-19)20(14-23(29)30)24-28-27-16-32-24;1-17-11(16)6-10(12-14-13-7-18-12)8-2-4-9(15)5-3-8/h2*6-11,14,17,21H,12-13,15-16H2,1-5H3;5-10,13,16,20H,11-12,14-15H2,1-4H3,(H,29,30);2-5,7,10,15H,6H2,1H3/t2*21-;20-;10-/m0000/s1. The van der Waals surface area contributed by atoms with Gasteiger partial charge in [-0.25, -0.2) is 0 Å². The number of phenolic OH excluding ortho intramolecular Hbond substituents is 1. The first-order valence-corrected chi connectivity index (χ1v) is 42.6. The van der Waals surface area contributed by atoms with Crippen molar-refractivity contribution in [2.45, 2.75) is 223 Å². The van der Waals surface area contributed by atoms with E-state index in [2.05, 4.69) is 178 Å². The first-order chi connectivity index (χ1) is 55.2. The van der Waals surface area contributed by atoms with Gasteiger partial charge in [-0.2, -0.15) is 0 Å². The van der Waals surface area contributed by atoms with Crippen LogP contribution in [0.25, 0.3) is 0 Å². The first-order valence-electron chi connectivity index (χ1n) is 39.1. The van der Waals surface area contributed by atoms with Gasteiger partial charge in [0.25, 0.3) is 0 Å². The number of fused-ring (bicyclic) bond motifs is 3. The second-order valence-electron chi connectivity index (χ2n) is 33.9. The summed E-state index contributed by atoms with van der Waals surface area (Å²) < 4.78 is 32.7. The van der Waals surface area contributed by atoms with Gasteiger partial charge in [-0.1, -0.05) is 186 Å². The highest BCUT2D eigenvalue weighted by atomic mass is 32.1. The van der Waals surface area contributed by atoms with Gasteiger partial charge < -0.3 is 38.6 Å². The van der Waals surface area contributed by atoms with Crippen molar-refractivity contribution in [3.63, 3.8) is 0 Å². The highest BCUT2D eigenvalue weighted by molar-refractivity contribution is 7.10. The van der Waals surface area contributed by atoms with E-state index in [1.807, 2.05) is 72.8 Å². The Hall–Kier alpha value is -10.1. The highest BCUT2D eigenvalue weighted by Crippen LogP contribution is 2.49. The number of nitrogens with zero attached hydrogens (tertiary/aromatic N) is 8. The monoisotopic (exact) mass is 1640 g/mol. The van der Waals surface area contributed by atoms with Crippen LogP contribution in [-0.2, 0) is 85.7 Å². The Morgan fingerprint density at radius 2 is 0.569 bits per heavy atom. The molecule has 0 saturated heterocycles. The molecule has 3 aliphatic carbocycles. The minimum Gasteiger partial charge on any atom is -0.508 e. The average molecular weight is 1640 g/mol. The summed E-state index contributed by atoms with van der Waals surface area (Å²) in [6, 6.07) is 50.5. The van der Waals surface area contributed by atoms with Crippen LogP contribution >= 0.6 is 45.3 Å². The van der Waals surface area contributed by atoms with Crippen LogP contribution in [0.1, 0.15) is 263 Å². The predicted molar refractivity (Wildman–Crippen MR) is 455 cm³/mol. The molecule has 0 aliphatic heterocycles. The van der Waals surface area contributed by atoms with Crippen LogP contribution in [0.5, 0.6) is 23.0 Å². The molecule has 116 heavy (non-hydrogen) atoms. The largest absolute Gasteiger partial charge is 0.508 e.